The molecule has 4 rings (SSSR count). The lowest BCUT2D eigenvalue weighted by atomic mass is 9.55. The van der Waals surface area contributed by atoms with Crippen molar-refractivity contribution in [2.75, 3.05) is 0 Å². The van der Waals surface area contributed by atoms with Crippen molar-refractivity contribution in [1.29, 1.82) is 0 Å². The Kier molecular flexibility index (Phi) is 6.36. The summed E-state index contributed by atoms with van der Waals surface area (Å²) in [6, 6.07) is 0. The maximum absolute atomic E-state index is 12.5. The van der Waals surface area contributed by atoms with Gasteiger partial charge in [-0.15, -0.1) is 0 Å². The van der Waals surface area contributed by atoms with Crippen LogP contribution in [0.4, 0.5) is 0 Å². The molecule has 4 aliphatic rings. The number of fused-ring (bicyclic) bond motifs is 4. The van der Waals surface area contributed by atoms with Crippen molar-refractivity contribution in [3.8, 4) is 0 Å². The fraction of sp³-hybridized carbons (Fsp3) is 0.692. The normalized spacial score (nSPS) is 41.8. The Morgan fingerprint density at radius 2 is 1.60 bits per heavy atom. The summed E-state index contributed by atoms with van der Waals surface area (Å²) in [7, 11) is 0. The number of esters is 4. The molecule has 0 spiro atoms. The van der Waals surface area contributed by atoms with Crippen LogP contribution in [0.15, 0.2) is 22.8 Å². The molecule has 1 saturated heterocycles. The van der Waals surface area contributed by atoms with Gasteiger partial charge < -0.3 is 23.7 Å². The highest BCUT2D eigenvalue weighted by Gasteiger charge is 2.72. The molecule has 0 aromatic heterocycles. The van der Waals surface area contributed by atoms with E-state index in [2.05, 4.69) is 0 Å². The van der Waals surface area contributed by atoms with Crippen LogP contribution in [0.5, 0.6) is 0 Å². The molecule has 0 N–H and O–H groups in total. The van der Waals surface area contributed by atoms with Crippen molar-refractivity contribution in [3.63, 3.8) is 0 Å². The van der Waals surface area contributed by atoms with Crippen molar-refractivity contribution in [2.45, 2.75) is 104 Å². The number of rotatable bonds is 3. The summed E-state index contributed by atoms with van der Waals surface area (Å²) in [6.07, 6.45) is -0.245. The Bertz CT molecular complexity index is 1030. The number of carbonyl (C=O) groups is 4. The summed E-state index contributed by atoms with van der Waals surface area (Å²) in [4.78, 5) is 49.3. The molecular weight excluding hydrogens is 456 g/mol. The molecule has 0 aromatic rings. The summed E-state index contributed by atoms with van der Waals surface area (Å²) >= 11 is 0. The smallest absolute Gasteiger partial charge is 0.334 e. The van der Waals surface area contributed by atoms with Crippen LogP contribution >= 0.6 is 0 Å². The molecule has 35 heavy (non-hydrogen) atoms. The van der Waals surface area contributed by atoms with Crippen LogP contribution in [0.1, 0.15) is 67.7 Å². The maximum Gasteiger partial charge on any atom is 0.334 e. The van der Waals surface area contributed by atoms with Gasteiger partial charge >= 0.3 is 23.9 Å². The van der Waals surface area contributed by atoms with E-state index in [0.29, 0.717) is 18.4 Å². The first-order chi connectivity index (χ1) is 16.3. The molecule has 9 heteroatoms. The number of hydrogen-bond donors (Lipinski definition) is 0. The van der Waals surface area contributed by atoms with Crippen LogP contribution in [0.3, 0.4) is 0 Å². The Morgan fingerprint density at radius 1 is 0.971 bits per heavy atom. The summed E-state index contributed by atoms with van der Waals surface area (Å²) in [6.45, 7) is 11.4. The van der Waals surface area contributed by atoms with E-state index in [1.54, 1.807) is 6.92 Å². The van der Waals surface area contributed by atoms with Gasteiger partial charge in [0.2, 0.25) is 0 Å². The second-order valence-electron chi connectivity index (χ2n) is 10.6. The molecule has 0 amide bonds. The van der Waals surface area contributed by atoms with Gasteiger partial charge in [0, 0.05) is 45.1 Å². The van der Waals surface area contributed by atoms with Crippen molar-refractivity contribution in [3.05, 3.63) is 22.8 Å². The lowest BCUT2D eigenvalue weighted by Crippen LogP contribution is -2.62. The van der Waals surface area contributed by atoms with E-state index in [1.165, 1.54) is 20.8 Å². The summed E-state index contributed by atoms with van der Waals surface area (Å²) < 4.78 is 29.4. The maximum atomic E-state index is 12.5. The molecule has 2 aliphatic heterocycles. The zero-order valence-corrected chi connectivity index (χ0v) is 21.3. The van der Waals surface area contributed by atoms with E-state index in [-0.39, 0.29) is 24.4 Å². The zero-order chi connectivity index (χ0) is 25.9. The first-order valence-electron chi connectivity index (χ1n) is 12.0. The van der Waals surface area contributed by atoms with Crippen molar-refractivity contribution in [1.82, 2.24) is 0 Å². The molecule has 0 aromatic carbocycles. The van der Waals surface area contributed by atoms with Crippen molar-refractivity contribution >= 4 is 23.9 Å². The van der Waals surface area contributed by atoms with Gasteiger partial charge in [0.05, 0.1) is 17.1 Å². The van der Waals surface area contributed by atoms with Crippen LogP contribution in [-0.4, -0.2) is 60.0 Å². The van der Waals surface area contributed by atoms with Crippen LogP contribution < -0.4 is 0 Å². The molecule has 0 unspecified atom stereocenters. The van der Waals surface area contributed by atoms with Gasteiger partial charge in [-0.3, -0.25) is 14.4 Å². The summed E-state index contributed by atoms with van der Waals surface area (Å²) in [5.74, 6) is -2.25. The molecule has 9 nitrogen and oxygen atoms in total. The van der Waals surface area contributed by atoms with E-state index >= 15 is 0 Å². The highest BCUT2D eigenvalue weighted by molar-refractivity contribution is 5.92. The predicted octanol–water partition coefficient (Wildman–Crippen LogP) is 2.95. The number of carbonyl (C=O) groups excluding carboxylic acids is 4. The van der Waals surface area contributed by atoms with Gasteiger partial charge in [0.1, 0.15) is 24.4 Å². The number of epoxide rings is 1. The van der Waals surface area contributed by atoms with Gasteiger partial charge in [0.25, 0.3) is 0 Å². The number of hydrogen-bond acceptors (Lipinski definition) is 9. The van der Waals surface area contributed by atoms with Crippen LogP contribution in [-0.2, 0) is 42.9 Å². The standard InChI is InChI=1S/C26H34O9/c1-12-8-18-17(13(2)24(30)34-18)10-20-25(6,21(32-15(4)28)11-22-26(20,7)35-22)23(33-16(5)29)19(9-12)31-14(3)27/h8,18-23H,9-11H2,1-7H3/b12-8-/t18-,19+,20+,21-,22-,23-,25+,26+/m1/s1. The Balaban J connectivity index is 1.94. The Morgan fingerprint density at radius 3 is 2.20 bits per heavy atom. The second kappa shape index (κ2) is 8.76. The first kappa shape index (κ1) is 25.4. The highest BCUT2D eigenvalue weighted by Crippen LogP contribution is 2.63. The molecule has 0 bridgehead atoms. The topological polar surface area (TPSA) is 118 Å². The third-order valence-corrected chi connectivity index (χ3v) is 8.16. The van der Waals surface area contributed by atoms with Crippen LogP contribution in [0.25, 0.3) is 0 Å². The fourth-order valence-corrected chi connectivity index (χ4v) is 6.42. The molecule has 0 radical (unpaired) electrons. The fourth-order valence-electron chi connectivity index (χ4n) is 6.42. The van der Waals surface area contributed by atoms with E-state index in [9.17, 15) is 19.2 Å². The monoisotopic (exact) mass is 490 g/mol. The van der Waals surface area contributed by atoms with E-state index in [1.807, 2.05) is 26.8 Å². The largest absolute Gasteiger partial charge is 0.462 e. The minimum atomic E-state index is -1.000. The van der Waals surface area contributed by atoms with Crippen molar-refractivity contribution < 1.29 is 42.9 Å². The number of ether oxygens (including phenoxy) is 5. The quantitative estimate of drug-likeness (QED) is 0.255. The van der Waals surface area contributed by atoms with E-state index in [0.717, 1.165) is 11.1 Å². The summed E-state index contributed by atoms with van der Waals surface area (Å²) in [5, 5.41) is 0. The molecule has 2 aliphatic carbocycles. The van der Waals surface area contributed by atoms with E-state index < -0.39 is 53.3 Å². The molecule has 8 atom stereocenters. The first-order valence-corrected chi connectivity index (χ1v) is 12.0. The minimum Gasteiger partial charge on any atom is -0.462 e. The van der Waals surface area contributed by atoms with Crippen LogP contribution in [0, 0.1) is 11.3 Å². The predicted molar refractivity (Wildman–Crippen MR) is 122 cm³/mol. The molecule has 192 valence electrons. The van der Waals surface area contributed by atoms with Gasteiger partial charge in [-0.05, 0) is 38.8 Å². The average molecular weight is 491 g/mol. The second-order valence-corrected chi connectivity index (χ2v) is 10.6. The lowest BCUT2D eigenvalue weighted by molar-refractivity contribution is -0.208. The van der Waals surface area contributed by atoms with Crippen molar-refractivity contribution in [2.24, 2.45) is 11.3 Å². The zero-order valence-electron chi connectivity index (χ0n) is 21.3. The van der Waals surface area contributed by atoms with Gasteiger partial charge in [-0.25, -0.2) is 4.79 Å². The third kappa shape index (κ3) is 4.39. The molecule has 1 saturated carbocycles. The average Bonchev–Trinajstić information content (AvgIpc) is 3.31. The van der Waals surface area contributed by atoms with Gasteiger partial charge in [-0.1, -0.05) is 12.5 Å². The van der Waals surface area contributed by atoms with E-state index in [4.69, 9.17) is 23.7 Å². The molecule has 2 heterocycles. The molecular formula is C26H34O9. The van der Waals surface area contributed by atoms with Gasteiger partial charge in [0.15, 0.2) is 0 Å². The SMILES string of the molecule is CC(=O)O[C@H]1C/C(C)=C\[C@H]2OC(=O)C(C)=C2C[C@@H]2[C@]3(C)O[C@@H]3C[C@@H](OC(C)=O)[C@@]2(C)[C@@H]1OC(C)=O. The van der Waals surface area contributed by atoms with Gasteiger partial charge in [-0.2, -0.15) is 0 Å². The Hall–Kier alpha value is -2.68. The minimum absolute atomic E-state index is 0.160. The summed E-state index contributed by atoms with van der Waals surface area (Å²) in [5.41, 5.74) is 0.578. The third-order valence-electron chi connectivity index (χ3n) is 8.16. The molecule has 2 fully saturated rings. The highest BCUT2D eigenvalue weighted by atomic mass is 16.6. The lowest BCUT2D eigenvalue weighted by Gasteiger charge is -2.52. The Labute approximate surface area is 205 Å². The van der Waals surface area contributed by atoms with Crippen LogP contribution in [0.2, 0.25) is 0 Å².